The van der Waals surface area contributed by atoms with Gasteiger partial charge in [-0.15, -0.1) is 0 Å². The molecular formula is C14H9NO4. The second kappa shape index (κ2) is 3.91. The first-order chi connectivity index (χ1) is 9.08. The third kappa shape index (κ3) is 1.67. The van der Waals surface area contributed by atoms with Crippen LogP contribution in [0.1, 0.15) is 27.6 Å². The van der Waals surface area contributed by atoms with E-state index in [9.17, 15) is 14.4 Å². The van der Waals surface area contributed by atoms with Crippen molar-refractivity contribution in [2.75, 3.05) is 5.32 Å². The lowest BCUT2D eigenvalue weighted by Gasteiger charge is -2.09. The normalized spacial score (nSPS) is 13.3. The number of carbonyl (C=O) groups is 3. The van der Waals surface area contributed by atoms with Gasteiger partial charge in [0.15, 0.2) is 0 Å². The highest BCUT2D eigenvalue weighted by Crippen LogP contribution is 2.34. The third-order valence-corrected chi connectivity index (χ3v) is 2.96. The summed E-state index contributed by atoms with van der Waals surface area (Å²) in [5.74, 6) is -1.58. The topological polar surface area (TPSA) is 72.5 Å². The Hall–Kier alpha value is -2.69. The Kier molecular flexibility index (Phi) is 2.35. The largest absolute Gasteiger partial charge is 0.386 e. The minimum atomic E-state index is -0.683. The van der Waals surface area contributed by atoms with Crippen LogP contribution < -0.4 is 5.32 Å². The first kappa shape index (κ1) is 11.4. The summed E-state index contributed by atoms with van der Waals surface area (Å²) < 4.78 is 4.61. The maximum absolute atomic E-state index is 11.7. The highest BCUT2D eigenvalue weighted by atomic mass is 16.6. The van der Waals surface area contributed by atoms with E-state index in [-0.39, 0.29) is 17.0 Å². The van der Waals surface area contributed by atoms with Crippen LogP contribution in [0.3, 0.4) is 0 Å². The maximum Gasteiger partial charge on any atom is 0.347 e. The van der Waals surface area contributed by atoms with E-state index in [0.717, 1.165) is 0 Å². The molecule has 0 bridgehead atoms. The zero-order valence-electron chi connectivity index (χ0n) is 10.0. The molecule has 0 fully saturated rings. The predicted molar refractivity (Wildman–Crippen MR) is 68.0 cm³/mol. The molecule has 2 aromatic rings. The molecule has 19 heavy (non-hydrogen) atoms. The molecule has 3 rings (SSSR count). The first-order valence-corrected chi connectivity index (χ1v) is 5.68. The zero-order chi connectivity index (χ0) is 13.6. The van der Waals surface area contributed by atoms with E-state index in [1.54, 1.807) is 24.3 Å². The average Bonchev–Trinajstić information content (AvgIpc) is 2.64. The van der Waals surface area contributed by atoms with Crippen molar-refractivity contribution in [3.05, 3.63) is 41.5 Å². The van der Waals surface area contributed by atoms with E-state index >= 15 is 0 Å². The van der Waals surface area contributed by atoms with Crippen LogP contribution in [0.2, 0.25) is 0 Å². The molecular weight excluding hydrogens is 246 g/mol. The predicted octanol–water partition coefficient (Wildman–Crippen LogP) is 2.11. The van der Waals surface area contributed by atoms with Crippen LogP contribution in [0.5, 0.6) is 0 Å². The van der Waals surface area contributed by atoms with Crippen LogP contribution >= 0.6 is 0 Å². The van der Waals surface area contributed by atoms with Gasteiger partial charge in [-0.25, -0.2) is 9.59 Å². The molecule has 0 atom stereocenters. The molecule has 1 heterocycles. The number of ether oxygens (including phenoxy) is 1. The van der Waals surface area contributed by atoms with Gasteiger partial charge in [0.2, 0.25) is 5.91 Å². The van der Waals surface area contributed by atoms with E-state index in [2.05, 4.69) is 10.1 Å². The van der Waals surface area contributed by atoms with Gasteiger partial charge in [-0.3, -0.25) is 4.79 Å². The van der Waals surface area contributed by atoms with Crippen molar-refractivity contribution >= 4 is 34.3 Å². The van der Waals surface area contributed by atoms with Crippen LogP contribution in [0.15, 0.2) is 30.3 Å². The summed E-state index contributed by atoms with van der Waals surface area (Å²) in [6.45, 7) is 1.38. The third-order valence-electron chi connectivity index (χ3n) is 2.96. The Balaban J connectivity index is 2.38. The van der Waals surface area contributed by atoms with Gasteiger partial charge < -0.3 is 10.1 Å². The number of nitrogens with one attached hydrogen (secondary N) is 1. The van der Waals surface area contributed by atoms with Crippen molar-refractivity contribution in [3.63, 3.8) is 0 Å². The minimum absolute atomic E-state index is 0.187. The summed E-state index contributed by atoms with van der Waals surface area (Å²) in [6.07, 6.45) is 0. The minimum Gasteiger partial charge on any atom is -0.386 e. The van der Waals surface area contributed by atoms with Crippen molar-refractivity contribution in [3.8, 4) is 0 Å². The molecule has 0 aliphatic carbocycles. The van der Waals surface area contributed by atoms with Gasteiger partial charge in [-0.1, -0.05) is 24.3 Å². The van der Waals surface area contributed by atoms with Crippen molar-refractivity contribution in [2.24, 2.45) is 0 Å². The Bertz CT molecular complexity index is 748. The van der Waals surface area contributed by atoms with E-state index < -0.39 is 11.9 Å². The van der Waals surface area contributed by atoms with Crippen molar-refractivity contribution in [1.82, 2.24) is 0 Å². The fourth-order valence-corrected chi connectivity index (χ4v) is 2.24. The number of carbonyl (C=O) groups excluding carboxylic acids is 3. The highest BCUT2D eigenvalue weighted by Gasteiger charge is 2.32. The van der Waals surface area contributed by atoms with Gasteiger partial charge in [-0.2, -0.15) is 0 Å². The Morgan fingerprint density at radius 1 is 1.11 bits per heavy atom. The second-order valence-electron chi connectivity index (χ2n) is 4.25. The first-order valence-electron chi connectivity index (χ1n) is 5.68. The fraction of sp³-hybridized carbons (Fsp3) is 0.0714. The molecule has 0 unspecified atom stereocenters. The molecule has 0 radical (unpaired) electrons. The number of cyclic esters (lactones) is 2. The summed E-state index contributed by atoms with van der Waals surface area (Å²) in [4.78, 5) is 34.5. The molecule has 0 saturated carbocycles. The van der Waals surface area contributed by atoms with Crippen molar-refractivity contribution in [1.29, 1.82) is 0 Å². The lowest BCUT2D eigenvalue weighted by Crippen LogP contribution is -2.07. The van der Waals surface area contributed by atoms with Gasteiger partial charge in [0.05, 0.1) is 11.1 Å². The summed E-state index contributed by atoms with van der Waals surface area (Å²) in [6, 6.07) is 8.53. The van der Waals surface area contributed by atoms with Gasteiger partial charge in [-0.05, 0) is 11.5 Å². The van der Waals surface area contributed by atoms with Gasteiger partial charge in [0.1, 0.15) is 0 Å². The highest BCUT2D eigenvalue weighted by molar-refractivity contribution is 6.23. The smallest absolute Gasteiger partial charge is 0.347 e. The molecule has 1 aliphatic heterocycles. The standard InChI is InChI=1S/C14H9NO4/c1-7(16)15-11-6-10-12(14(18)19-13(10)17)9-5-3-2-4-8(9)11/h2-6H,1H3,(H,15,16). The van der Waals surface area contributed by atoms with Gasteiger partial charge in [0.25, 0.3) is 0 Å². The number of hydrogen-bond donors (Lipinski definition) is 1. The molecule has 0 saturated heterocycles. The number of benzene rings is 2. The maximum atomic E-state index is 11.7. The van der Waals surface area contributed by atoms with Crippen LogP contribution in [-0.2, 0) is 9.53 Å². The molecule has 1 amide bonds. The lowest BCUT2D eigenvalue weighted by molar-refractivity contribution is -0.114. The molecule has 1 aliphatic rings. The van der Waals surface area contributed by atoms with Crippen molar-refractivity contribution < 1.29 is 19.1 Å². The summed E-state index contributed by atoms with van der Waals surface area (Å²) in [5.41, 5.74) is 0.940. The number of rotatable bonds is 1. The van der Waals surface area contributed by atoms with E-state index in [4.69, 9.17) is 0 Å². The Morgan fingerprint density at radius 2 is 1.79 bits per heavy atom. The Morgan fingerprint density at radius 3 is 2.47 bits per heavy atom. The van der Waals surface area contributed by atoms with Crippen LogP contribution in [0, 0.1) is 0 Å². The number of hydrogen-bond acceptors (Lipinski definition) is 4. The Labute approximate surface area is 108 Å². The lowest BCUT2D eigenvalue weighted by atomic mass is 9.98. The number of anilines is 1. The van der Waals surface area contributed by atoms with E-state index in [1.807, 2.05) is 0 Å². The molecule has 0 aromatic heterocycles. The quantitative estimate of drug-likeness (QED) is 0.625. The molecule has 2 aromatic carbocycles. The van der Waals surface area contributed by atoms with Crippen LogP contribution in [0.4, 0.5) is 5.69 Å². The summed E-state index contributed by atoms with van der Waals surface area (Å²) >= 11 is 0. The molecule has 94 valence electrons. The van der Waals surface area contributed by atoms with E-state index in [1.165, 1.54) is 13.0 Å². The number of amides is 1. The molecule has 0 spiro atoms. The molecule has 5 heteroatoms. The monoisotopic (exact) mass is 255 g/mol. The zero-order valence-corrected chi connectivity index (χ0v) is 10.0. The van der Waals surface area contributed by atoms with Gasteiger partial charge in [0, 0.05) is 18.0 Å². The summed E-state index contributed by atoms with van der Waals surface area (Å²) in [7, 11) is 0. The fourth-order valence-electron chi connectivity index (χ4n) is 2.24. The second-order valence-corrected chi connectivity index (χ2v) is 4.25. The van der Waals surface area contributed by atoms with Crippen molar-refractivity contribution in [2.45, 2.75) is 6.92 Å². The number of esters is 2. The SMILES string of the molecule is CC(=O)Nc1cc2c(c3ccccc13)C(=O)OC2=O. The summed E-state index contributed by atoms with van der Waals surface area (Å²) in [5, 5.41) is 3.95. The molecule has 5 nitrogen and oxygen atoms in total. The average molecular weight is 255 g/mol. The van der Waals surface area contributed by atoms with E-state index in [0.29, 0.717) is 16.5 Å². The van der Waals surface area contributed by atoms with Crippen LogP contribution in [-0.4, -0.2) is 17.8 Å². The van der Waals surface area contributed by atoms with Crippen LogP contribution in [0.25, 0.3) is 10.8 Å². The number of fused-ring (bicyclic) bond motifs is 3. The molecule has 1 N–H and O–H groups in total. The van der Waals surface area contributed by atoms with Gasteiger partial charge >= 0.3 is 11.9 Å².